The Morgan fingerprint density at radius 1 is 0.929 bits per heavy atom. The van der Waals surface area contributed by atoms with Crippen LogP contribution in [0.3, 0.4) is 0 Å². The fourth-order valence-electron chi connectivity index (χ4n) is 3.89. The average Bonchev–Trinajstić information content (AvgIpc) is 3.10. The maximum atomic E-state index is 4.82. The van der Waals surface area contributed by atoms with Gasteiger partial charge < -0.3 is 14.7 Å². The highest BCUT2D eigenvalue weighted by Gasteiger charge is 2.26. The molecule has 0 aromatic carbocycles. The van der Waals surface area contributed by atoms with Gasteiger partial charge in [0.1, 0.15) is 23.8 Å². The molecule has 0 unspecified atom stereocenters. The van der Waals surface area contributed by atoms with Gasteiger partial charge in [0.25, 0.3) is 0 Å². The topological polar surface area (TPSA) is 78.6 Å². The molecule has 3 aromatic heterocycles. The predicted molar refractivity (Wildman–Crippen MR) is 108 cm³/mol. The van der Waals surface area contributed by atoms with Gasteiger partial charge in [-0.2, -0.15) is 4.52 Å². The largest absolute Gasteiger partial charge is 0.363 e. The summed E-state index contributed by atoms with van der Waals surface area (Å²) in [5, 5.41) is 13.6. The first-order valence-electron chi connectivity index (χ1n) is 9.91. The van der Waals surface area contributed by atoms with Gasteiger partial charge in [0.2, 0.25) is 0 Å². The molecule has 0 spiro atoms. The highest BCUT2D eigenvalue weighted by molar-refractivity contribution is 5.50. The monoisotopic (exact) mass is 379 g/mol. The van der Waals surface area contributed by atoms with Crippen LogP contribution in [0.15, 0.2) is 24.5 Å². The molecule has 0 bridgehead atoms. The van der Waals surface area contributed by atoms with Crippen molar-refractivity contribution in [2.75, 3.05) is 55.0 Å². The Morgan fingerprint density at radius 3 is 2.43 bits per heavy atom. The number of hydrogen-bond donors (Lipinski definition) is 0. The Hall–Kier alpha value is -2.97. The summed E-state index contributed by atoms with van der Waals surface area (Å²) in [6, 6.07) is 6.12. The van der Waals surface area contributed by atoms with Gasteiger partial charge in [-0.1, -0.05) is 0 Å². The molecule has 2 aliphatic heterocycles. The molecule has 0 N–H and O–H groups in total. The van der Waals surface area contributed by atoms with Crippen LogP contribution in [-0.2, 0) is 0 Å². The minimum absolute atomic E-state index is 0.362. The summed E-state index contributed by atoms with van der Waals surface area (Å²) in [5.41, 5.74) is 0.827. The second-order valence-corrected chi connectivity index (χ2v) is 7.75. The molecule has 0 amide bonds. The van der Waals surface area contributed by atoms with Crippen molar-refractivity contribution >= 4 is 23.1 Å². The highest BCUT2D eigenvalue weighted by atomic mass is 15.4. The molecule has 2 aliphatic rings. The van der Waals surface area contributed by atoms with Crippen LogP contribution in [0.1, 0.15) is 31.0 Å². The Bertz CT molecular complexity index is 970. The van der Waals surface area contributed by atoms with Gasteiger partial charge in [-0.05, 0) is 31.4 Å². The summed E-state index contributed by atoms with van der Waals surface area (Å²) in [5.74, 6) is 4.28. The number of nitrogens with zero attached hydrogens (tertiary/aromatic N) is 9. The number of fused-ring (bicyclic) bond motifs is 1. The molecule has 9 nitrogen and oxygen atoms in total. The lowest BCUT2D eigenvalue weighted by Crippen LogP contribution is -2.38. The van der Waals surface area contributed by atoms with Gasteiger partial charge in [0.05, 0.1) is 0 Å². The van der Waals surface area contributed by atoms with E-state index in [2.05, 4.69) is 30.0 Å². The van der Waals surface area contributed by atoms with E-state index in [1.165, 1.54) is 6.42 Å². The van der Waals surface area contributed by atoms with Gasteiger partial charge in [0.15, 0.2) is 11.5 Å². The Morgan fingerprint density at radius 2 is 1.71 bits per heavy atom. The third-order valence-electron chi connectivity index (χ3n) is 5.73. The van der Waals surface area contributed by atoms with Crippen molar-refractivity contribution in [3.05, 3.63) is 30.4 Å². The van der Waals surface area contributed by atoms with Crippen molar-refractivity contribution in [2.45, 2.75) is 25.2 Å². The fourth-order valence-corrected chi connectivity index (χ4v) is 3.89. The van der Waals surface area contributed by atoms with Crippen LogP contribution in [0.25, 0.3) is 5.65 Å². The molecular weight excluding hydrogens is 354 g/mol. The third-order valence-corrected chi connectivity index (χ3v) is 5.73. The average molecular weight is 379 g/mol. The molecule has 2 saturated heterocycles. The van der Waals surface area contributed by atoms with Crippen LogP contribution >= 0.6 is 0 Å². The quantitative estimate of drug-likeness (QED) is 0.676. The van der Waals surface area contributed by atoms with Crippen molar-refractivity contribution in [3.63, 3.8) is 0 Å². The summed E-state index contributed by atoms with van der Waals surface area (Å²) >= 11 is 0. The van der Waals surface area contributed by atoms with Gasteiger partial charge in [-0.25, -0.2) is 9.97 Å². The summed E-state index contributed by atoms with van der Waals surface area (Å²) in [4.78, 5) is 15.4. The summed E-state index contributed by atoms with van der Waals surface area (Å²) in [6.07, 6.45) is 4.91. The minimum Gasteiger partial charge on any atom is -0.363 e. The normalized spacial score (nSPS) is 17.8. The third kappa shape index (κ3) is 3.00. The zero-order chi connectivity index (χ0) is 19.1. The first kappa shape index (κ1) is 17.2. The van der Waals surface area contributed by atoms with Crippen LogP contribution in [0.4, 0.5) is 17.5 Å². The summed E-state index contributed by atoms with van der Waals surface area (Å²) in [6.45, 7) is 4.05. The van der Waals surface area contributed by atoms with Crippen molar-refractivity contribution < 1.29 is 0 Å². The van der Waals surface area contributed by atoms with E-state index < -0.39 is 0 Å². The van der Waals surface area contributed by atoms with Crippen molar-refractivity contribution in [3.8, 4) is 0 Å². The molecule has 0 atom stereocenters. The van der Waals surface area contributed by atoms with Crippen LogP contribution in [0.5, 0.6) is 0 Å². The van der Waals surface area contributed by atoms with E-state index in [0.29, 0.717) is 5.92 Å². The number of anilines is 3. The summed E-state index contributed by atoms with van der Waals surface area (Å²) < 4.78 is 1.95. The standard InChI is InChI=1S/C19H25N9/c1-25(2)17-12-18(21-13-20-17)27-10-6-14(7-11-27)19-23-22-15-4-5-16(24-28(15)19)26-8-3-9-26/h4-5,12-14H,3,6-11H2,1-2H3. The summed E-state index contributed by atoms with van der Waals surface area (Å²) in [7, 11) is 3.99. The van der Waals surface area contributed by atoms with Gasteiger partial charge in [-0.15, -0.1) is 15.3 Å². The predicted octanol–water partition coefficient (Wildman–Crippen LogP) is 1.57. The molecule has 146 valence electrons. The van der Waals surface area contributed by atoms with Gasteiger partial charge in [-0.3, -0.25) is 0 Å². The second kappa shape index (κ2) is 6.88. The van der Waals surface area contributed by atoms with E-state index in [1.807, 2.05) is 41.7 Å². The zero-order valence-corrected chi connectivity index (χ0v) is 16.4. The minimum atomic E-state index is 0.362. The van der Waals surface area contributed by atoms with E-state index in [9.17, 15) is 0 Å². The van der Waals surface area contributed by atoms with E-state index >= 15 is 0 Å². The molecule has 5 rings (SSSR count). The molecule has 3 aromatic rings. The Balaban J connectivity index is 1.33. The maximum absolute atomic E-state index is 4.82. The number of rotatable bonds is 4. The molecule has 0 saturated carbocycles. The zero-order valence-electron chi connectivity index (χ0n) is 16.4. The lowest BCUT2D eigenvalue weighted by molar-refractivity contribution is 0.474. The lowest BCUT2D eigenvalue weighted by atomic mass is 9.96. The van der Waals surface area contributed by atoms with Crippen LogP contribution in [-0.4, -0.2) is 70.1 Å². The highest BCUT2D eigenvalue weighted by Crippen LogP contribution is 2.30. The first-order chi connectivity index (χ1) is 13.7. The first-order valence-corrected chi connectivity index (χ1v) is 9.91. The number of aromatic nitrogens is 6. The Kier molecular flexibility index (Phi) is 4.22. The second-order valence-electron chi connectivity index (χ2n) is 7.75. The number of piperidine rings is 1. The molecule has 9 heteroatoms. The molecule has 5 heterocycles. The lowest BCUT2D eigenvalue weighted by Gasteiger charge is -2.33. The van der Waals surface area contributed by atoms with Crippen LogP contribution in [0.2, 0.25) is 0 Å². The smallest absolute Gasteiger partial charge is 0.178 e. The Labute approximate surface area is 164 Å². The van der Waals surface area contributed by atoms with Crippen molar-refractivity contribution in [1.82, 2.24) is 29.8 Å². The van der Waals surface area contributed by atoms with E-state index in [4.69, 9.17) is 5.10 Å². The van der Waals surface area contributed by atoms with E-state index in [1.54, 1.807) is 6.33 Å². The molecule has 0 aliphatic carbocycles. The van der Waals surface area contributed by atoms with Gasteiger partial charge >= 0.3 is 0 Å². The maximum Gasteiger partial charge on any atom is 0.178 e. The fraction of sp³-hybridized carbons (Fsp3) is 0.526. The molecular formula is C19H25N9. The molecule has 0 radical (unpaired) electrons. The van der Waals surface area contributed by atoms with E-state index in [-0.39, 0.29) is 0 Å². The van der Waals surface area contributed by atoms with E-state index in [0.717, 1.165) is 67.9 Å². The van der Waals surface area contributed by atoms with Crippen molar-refractivity contribution in [2.24, 2.45) is 0 Å². The SMILES string of the molecule is CN(C)c1cc(N2CCC(c3nnc4ccc(N5CCC5)nn34)CC2)ncn1. The molecule has 2 fully saturated rings. The van der Waals surface area contributed by atoms with Crippen molar-refractivity contribution in [1.29, 1.82) is 0 Å². The molecule has 28 heavy (non-hydrogen) atoms. The van der Waals surface area contributed by atoms with Gasteiger partial charge in [0, 0.05) is 52.3 Å². The van der Waals surface area contributed by atoms with Crippen LogP contribution < -0.4 is 14.7 Å². The van der Waals surface area contributed by atoms with Crippen LogP contribution in [0, 0.1) is 0 Å². The number of hydrogen-bond acceptors (Lipinski definition) is 8.